The van der Waals surface area contributed by atoms with Crippen LogP contribution in [0.2, 0.25) is 0 Å². The number of carbonyl (C=O) groups excluding carboxylic acids is 4. The summed E-state index contributed by atoms with van der Waals surface area (Å²) >= 11 is 2.49. The number of ether oxygens (including phenoxy) is 2. The first-order valence-corrected chi connectivity index (χ1v) is 17.3. The molecule has 1 aromatic heterocycles. The van der Waals surface area contributed by atoms with Crippen molar-refractivity contribution in [2.24, 2.45) is 0 Å². The number of benzene rings is 4. The van der Waals surface area contributed by atoms with Crippen molar-refractivity contribution in [3.63, 3.8) is 0 Å². The molecule has 5 aromatic rings. The molecule has 4 aromatic carbocycles. The second kappa shape index (κ2) is 17.0. The van der Waals surface area contributed by atoms with Crippen LogP contribution in [-0.2, 0) is 14.3 Å². The van der Waals surface area contributed by atoms with Gasteiger partial charge in [-0.05, 0) is 61.0 Å². The number of rotatable bonds is 13. The molecule has 0 aliphatic rings. The van der Waals surface area contributed by atoms with Crippen LogP contribution >= 0.6 is 23.1 Å². The normalized spacial score (nSPS) is 11.0. The molecule has 12 heteroatoms. The number of carbonyl (C=O) groups is 4. The Kier molecular flexibility index (Phi) is 12.1. The molecular weight excluding hydrogens is 675 g/mol. The highest BCUT2D eigenvalue weighted by Crippen LogP contribution is 2.36. The first kappa shape index (κ1) is 35.5. The summed E-state index contributed by atoms with van der Waals surface area (Å²) in [5.74, 6) is -1.64. The number of anilines is 2. The smallest absolute Gasteiger partial charge is 0.341 e. The van der Waals surface area contributed by atoms with E-state index in [0.717, 1.165) is 5.56 Å². The predicted molar refractivity (Wildman–Crippen MR) is 197 cm³/mol. The highest BCUT2D eigenvalue weighted by Gasteiger charge is 2.23. The number of methoxy groups -OCH3 is 1. The first-order valence-electron chi connectivity index (χ1n) is 15.4. The third-order valence-corrected chi connectivity index (χ3v) is 9.01. The molecule has 4 N–H and O–H groups in total. The second-order valence-corrected chi connectivity index (χ2v) is 12.5. The van der Waals surface area contributed by atoms with Gasteiger partial charge in [-0.15, -0.1) is 23.1 Å². The summed E-state index contributed by atoms with van der Waals surface area (Å²) in [5.41, 5.74) is 2.98. The summed E-state index contributed by atoms with van der Waals surface area (Å²) in [6, 6.07) is 29.2. The number of thioether (sulfide) groups is 1. The Labute approximate surface area is 297 Å². The number of amides is 3. The molecule has 0 bridgehead atoms. The monoisotopic (exact) mass is 707 g/mol. The summed E-state index contributed by atoms with van der Waals surface area (Å²) in [6.45, 7) is 1.92. The van der Waals surface area contributed by atoms with Crippen molar-refractivity contribution in [3.05, 3.63) is 131 Å². The van der Waals surface area contributed by atoms with E-state index < -0.39 is 17.8 Å². The van der Waals surface area contributed by atoms with Crippen LogP contribution in [0.5, 0.6) is 11.5 Å². The van der Waals surface area contributed by atoms with Gasteiger partial charge in [0.15, 0.2) is 0 Å². The van der Waals surface area contributed by atoms with Crippen LogP contribution in [-0.4, -0.2) is 48.3 Å². The molecule has 0 unspecified atom stereocenters. The van der Waals surface area contributed by atoms with Crippen LogP contribution in [0, 0.1) is 0 Å². The minimum atomic E-state index is -0.609. The number of phenols is 1. The fourth-order valence-corrected chi connectivity index (χ4v) is 6.51. The topological polar surface area (TPSA) is 143 Å². The zero-order valence-corrected chi connectivity index (χ0v) is 28.7. The minimum Gasteiger partial charge on any atom is -0.508 e. The Hall–Kier alpha value is -5.85. The number of aromatic hydroxyl groups is 1. The Morgan fingerprint density at radius 3 is 2.34 bits per heavy atom. The first-order chi connectivity index (χ1) is 24.2. The molecule has 0 radical (unpaired) electrons. The predicted octanol–water partition coefficient (Wildman–Crippen LogP) is 7.45. The quantitative estimate of drug-likeness (QED) is 0.0562. The summed E-state index contributed by atoms with van der Waals surface area (Å²) in [6.07, 6.45) is 1.45. The Morgan fingerprint density at radius 2 is 1.62 bits per heavy atom. The largest absolute Gasteiger partial charge is 0.508 e. The second-order valence-electron chi connectivity index (χ2n) is 10.6. The Balaban J connectivity index is 1.29. The molecule has 254 valence electrons. The molecule has 0 atom stereocenters. The van der Waals surface area contributed by atoms with Gasteiger partial charge in [0.2, 0.25) is 5.91 Å². The molecule has 50 heavy (non-hydrogen) atoms. The van der Waals surface area contributed by atoms with E-state index in [2.05, 4.69) is 16.0 Å². The molecule has 0 spiro atoms. The number of nitrogens with one attached hydrogen (secondary N) is 3. The fourth-order valence-electron chi connectivity index (χ4n) is 4.78. The maximum Gasteiger partial charge on any atom is 0.341 e. The SMILES string of the molecule is CCOC(=O)c1c(-c2ccccc2)csc1NC(=O)CSc1cccc(NC(=O)/C(=C\c2ccc(O)cc2OC)NC(=O)c2ccccc2)c1. The molecule has 0 saturated heterocycles. The summed E-state index contributed by atoms with van der Waals surface area (Å²) in [7, 11) is 1.43. The van der Waals surface area contributed by atoms with E-state index in [9.17, 15) is 24.3 Å². The molecule has 0 fully saturated rings. The highest BCUT2D eigenvalue weighted by molar-refractivity contribution is 8.00. The number of hydrogen-bond acceptors (Lipinski definition) is 9. The Bertz CT molecular complexity index is 2030. The maximum atomic E-state index is 13.6. The van der Waals surface area contributed by atoms with Gasteiger partial charge in [0.25, 0.3) is 11.8 Å². The van der Waals surface area contributed by atoms with Crippen LogP contribution < -0.4 is 20.7 Å². The van der Waals surface area contributed by atoms with Crippen molar-refractivity contribution in [3.8, 4) is 22.6 Å². The van der Waals surface area contributed by atoms with Gasteiger partial charge in [0, 0.05) is 38.7 Å². The van der Waals surface area contributed by atoms with Crippen molar-refractivity contribution >= 4 is 63.6 Å². The van der Waals surface area contributed by atoms with E-state index in [1.54, 1.807) is 67.6 Å². The lowest BCUT2D eigenvalue weighted by Crippen LogP contribution is -2.30. The lowest BCUT2D eigenvalue weighted by Gasteiger charge is -2.13. The van der Waals surface area contributed by atoms with Crippen molar-refractivity contribution in [1.29, 1.82) is 0 Å². The molecule has 10 nitrogen and oxygen atoms in total. The van der Waals surface area contributed by atoms with E-state index in [0.29, 0.717) is 43.6 Å². The third-order valence-electron chi connectivity index (χ3n) is 7.12. The van der Waals surface area contributed by atoms with E-state index in [-0.39, 0.29) is 29.7 Å². The van der Waals surface area contributed by atoms with Gasteiger partial charge in [-0.2, -0.15) is 0 Å². The van der Waals surface area contributed by atoms with Crippen molar-refractivity contribution in [1.82, 2.24) is 5.32 Å². The molecule has 0 saturated carbocycles. The van der Waals surface area contributed by atoms with Gasteiger partial charge in [0.05, 0.1) is 19.5 Å². The summed E-state index contributed by atoms with van der Waals surface area (Å²) < 4.78 is 10.6. The van der Waals surface area contributed by atoms with Gasteiger partial charge < -0.3 is 30.5 Å². The van der Waals surface area contributed by atoms with Crippen LogP contribution in [0.1, 0.15) is 33.2 Å². The number of hydrogen-bond donors (Lipinski definition) is 4. The lowest BCUT2D eigenvalue weighted by molar-refractivity contribution is -0.114. The van der Waals surface area contributed by atoms with Crippen LogP contribution in [0.4, 0.5) is 10.7 Å². The average Bonchev–Trinajstić information content (AvgIpc) is 3.55. The van der Waals surface area contributed by atoms with Gasteiger partial charge >= 0.3 is 5.97 Å². The highest BCUT2D eigenvalue weighted by atomic mass is 32.2. The van der Waals surface area contributed by atoms with Gasteiger partial charge in [-0.3, -0.25) is 14.4 Å². The van der Waals surface area contributed by atoms with Gasteiger partial charge in [-0.1, -0.05) is 54.6 Å². The molecule has 5 rings (SSSR count). The average molecular weight is 708 g/mol. The summed E-state index contributed by atoms with van der Waals surface area (Å²) in [4.78, 5) is 53.3. The van der Waals surface area contributed by atoms with E-state index in [1.807, 2.05) is 35.7 Å². The number of thiophene rings is 1. The standard InChI is InChI=1S/C38H33N3O7S2/c1-3-48-38(46)34-30(24-11-6-4-7-12-24)22-50-37(34)41-33(43)23-49-29-16-10-15-27(20-29)39-36(45)31(40-35(44)25-13-8-5-9-14-25)19-26-17-18-28(42)21-32(26)47-2/h4-22,42H,3,23H2,1-2H3,(H,39,45)(H,40,44)(H,41,43)/b31-19+. The molecule has 0 aliphatic heterocycles. The molecule has 0 aliphatic carbocycles. The number of esters is 1. The van der Waals surface area contributed by atoms with Crippen LogP contribution in [0.3, 0.4) is 0 Å². The summed E-state index contributed by atoms with van der Waals surface area (Å²) in [5, 5.41) is 20.4. The maximum absolute atomic E-state index is 13.6. The van der Waals surface area contributed by atoms with Gasteiger partial charge in [-0.25, -0.2) is 4.79 Å². The van der Waals surface area contributed by atoms with Crippen molar-refractivity contribution in [2.75, 3.05) is 30.1 Å². The van der Waals surface area contributed by atoms with Gasteiger partial charge in [0.1, 0.15) is 27.8 Å². The van der Waals surface area contributed by atoms with E-state index in [4.69, 9.17) is 9.47 Å². The van der Waals surface area contributed by atoms with Crippen molar-refractivity contribution in [2.45, 2.75) is 11.8 Å². The zero-order chi connectivity index (χ0) is 35.5. The fraction of sp³-hybridized carbons (Fsp3) is 0.105. The lowest BCUT2D eigenvalue weighted by atomic mass is 10.0. The molecule has 1 heterocycles. The Morgan fingerprint density at radius 1 is 0.880 bits per heavy atom. The van der Waals surface area contributed by atoms with Crippen molar-refractivity contribution < 1.29 is 33.8 Å². The van der Waals surface area contributed by atoms with Crippen LogP contribution in [0.25, 0.3) is 17.2 Å². The third kappa shape index (κ3) is 9.19. The van der Waals surface area contributed by atoms with E-state index >= 15 is 0 Å². The van der Waals surface area contributed by atoms with E-state index in [1.165, 1.54) is 48.4 Å². The van der Waals surface area contributed by atoms with Crippen LogP contribution in [0.15, 0.2) is 119 Å². The minimum absolute atomic E-state index is 0.0203. The number of phenolic OH excluding ortho intramolecular Hbond substituents is 1. The molecular formula is C38H33N3O7S2. The zero-order valence-electron chi connectivity index (χ0n) is 27.1. The molecule has 3 amide bonds.